The van der Waals surface area contributed by atoms with Crippen molar-refractivity contribution in [1.82, 2.24) is 14.7 Å². The lowest BCUT2D eigenvalue weighted by molar-refractivity contribution is -0.144. The van der Waals surface area contributed by atoms with Gasteiger partial charge in [0.2, 0.25) is 5.91 Å². The predicted molar refractivity (Wildman–Crippen MR) is 93.1 cm³/mol. The molecule has 2 aromatic rings. The zero-order chi connectivity index (χ0) is 17.8. The van der Waals surface area contributed by atoms with E-state index in [0.29, 0.717) is 18.7 Å². The molecule has 0 radical (unpaired) electrons. The maximum Gasteiger partial charge on any atom is 0.223 e. The average molecular weight is 341 g/mol. The summed E-state index contributed by atoms with van der Waals surface area (Å²) in [5.41, 5.74) is 1.60. The molecule has 2 heterocycles. The lowest BCUT2D eigenvalue weighted by Crippen LogP contribution is -2.46. The highest BCUT2D eigenvalue weighted by molar-refractivity contribution is 5.97. The predicted octanol–water partition coefficient (Wildman–Crippen LogP) is 2.37. The third-order valence-electron chi connectivity index (χ3n) is 4.47. The summed E-state index contributed by atoms with van der Waals surface area (Å²) in [5.74, 6) is -0.0692. The van der Waals surface area contributed by atoms with Gasteiger partial charge in [0, 0.05) is 32.6 Å². The Balaban J connectivity index is 1.66. The molecule has 0 spiro atoms. The fraction of sp³-hybridized carbons (Fsp3) is 0.421. The number of carbonyl (C=O) groups is 2. The standard InChI is InChI=1S/C19H23N3O3/c1-14-11-22(17(13-25-14)15-6-4-3-5-7-15)19(24)9-8-18(23)16-10-20-21(2)12-16/h3-7,10,12,14,17H,8-9,11,13H2,1-2H3/t14-,17+/m1/s1. The minimum atomic E-state index is -0.0987. The van der Waals surface area contributed by atoms with Crippen molar-refractivity contribution in [3.63, 3.8) is 0 Å². The molecule has 6 nitrogen and oxygen atoms in total. The smallest absolute Gasteiger partial charge is 0.223 e. The molecule has 132 valence electrons. The van der Waals surface area contributed by atoms with Gasteiger partial charge >= 0.3 is 0 Å². The van der Waals surface area contributed by atoms with Crippen molar-refractivity contribution in [2.45, 2.75) is 31.9 Å². The van der Waals surface area contributed by atoms with Gasteiger partial charge in [-0.15, -0.1) is 0 Å². The molecule has 0 aliphatic carbocycles. The van der Waals surface area contributed by atoms with Gasteiger partial charge in [0.25, 0.3) is 0 Å². The van der Waals surface area contributed by atoms with E-state index in [1.807, 2.05) is 42.2 Å². The third kappa shape index (κ3) is 4.14. The van der Waals surface area contributed by atoms with E-state index in [4.69, 9.17) is 4.74 Å². The Hall–Kier alpha value is -2.47. The number of ether oxygens (including phenoxy) is 1. The van der Waals surface area contributed by atoms with Gasteiger partial charge in [0.1, 0.15) is 0 Å². The molecular weight excluding hydrogens is 318 g/mol. The third-order valence-corrected chi connectivity index (χ3v) is 4.47. The van der Waals surface area contributed by atoms with Crippen LogP contribution in [0.3, 0.4) is 0 Å². The van der Waals surface area contributed by atoms with Gasteiger partial charge in [-0.1, -0.05) is 30.3 Å². The van der Waals surface area contributed by atoms with Crippen LogP contribution in [0, 0.1) is 0 Å². The Kier molecular flexibility index (Phi) is 5.28. The van der Waals surface area contributed by atoms with Gasteiger partial charge in [-0.2, -0.15) is 5.10 Å². The molecule has 1 fully saturated rings. The van der Waals surface area contributed by atoms with E-state index in [-0.39, 0.29) is 36.7 Å². The number of aryl methyl sites for hydroxylation is 1. The summed E-state index contributed by atoms with van der Waals surface area (Å²) in [7, 11) is 1.77. The van der Waals surface area contributed by atoms with Gasteiger partial charge in [-0.05, 0) is 12.5 Å². The topological polar surface area (TPSA) is 64.4 Å². The number of aromatic nitrogens is 2. The highest BCUT2D eigenvalue weighted by Crippen LogP contribution is 2.27. The molecule has 2 atom stereocenters. The first kappa shape index (κ1) is 17.4. The second-order valence-corrected chi connectivity index (χ2v) is 6.44. The summed E-state index contributed by atoms with van der Waals surface area (Å²) in [6.07, 6.45) is 3.60. The van der Waals surface area contributed by atoms with Crippen LogP contribution in [-0.2, 0) is 16.6 Å². The highest BCUT2D eigenvalue weighted by Gasteiger charge is 2.31. The van der Waals surface area contributed by atoms with Crippen LogP contribution < -0.4 is 0 Å². The SMILES string of the molecule is C[C@@H]1CN(C(=O)CCC(=O)c2cnn(C)c2)[C@H](c2ccccc2)CO1. The first-order chi connectivity index (χ1) is 12.0. The van der Waals surface area contributed by atoms with Crippen LogP contribution in [0.2, 0.25) is 0 Å². The normalized spacial score (nSPS) is 20.5. The maximum absolute atomic E-state index is 12.8. The first-order valence-corrected chi connectivity index (χ1v) is 8.52. The van der Waals surface area contributed by atoms with Crippen molar-refractivity contribution in [3.05, 3.63) is 53.9 Å². The largest absolute Gasteiger partial charge is 0.374 e. The lowest BCUT2D eigenvalue weighted by atomic mass is 10.0. The summed E-state index contributed by atoms with van der Waals surface area (Å²) >= 11 is 0. The number of ketones is 1. The Labute approximate surface area is 147 Å². The second-order valence-electron chi connectivity index (χ2n) is 6.44. The van der Waals surface area contributed by atoms with Crippen molar-refractivity contribution in [1.29, 1.82) is 0 Å². The van der Waals surface area contributed by atoms with E-state index >= 15 is 0 Å². The summed E-state index contributed by atoms with van der Waals surface area (Å²) in [6.45, 7) is 2.98. The molecule has 0 bridgehead atoms. The van der Waals surface area contributed by atoms with E-state index in [2.05, 4.69) is 5.10 Å². The van der Waals surface area contributed by atoms with Gasteiger partial charge in [0.05, 0.1) is 30.5 Å². The lowest BCUT2D eigenvalue weighted by Gasteiger charge is -2.39. The number of hydrogen-bond acceptors (Lipinski definition) is 4. The van der Waals surface area contributed by atoms with Crippen LogP contribution in [-0.4, -0.2) is 45.6 Å². The number of morpholine rings is 1. The molecular formula is C19H23N3O3. The molecule has 1 aliphatic rings. The zero-order valence-corrected chi connectivity index (χ0v) is 14.6. The molecule has 1 amide bonds. The van der Waals surface area contributed by atoms with Gasteiger partial charge in [0.15, 0.2) is 5.78 Å². The van der Waals surface area contributed by atoms with Crippen molar-refractivity contribution < 1.29 is 14.3 Å². The number of rotatable bonds is 5. The Morgan fingerprint density at radius 2 is 2.00 bits per heavy atom. The molecule has 1 aromatic heterocycles. The summed E-state index contributed by atoms with van der Waals surface area (Å²) < 4.78 is 7.34. The van der Waals surface area contributed by atoms with Crippen LogP contribution in [0.1, 0.15) is 41.7 Å². The Bertz CT molecular complexity index is 741. The summed E-state index contributed by atoms with van der Waals surface area (Å²) in [6, 6.07) is 9.78. The molecule has 6 heteroatoms. The molecule has 25 heavy (non-hydrogen) atoms. The van der Waals surface area contributed by atoms with Crippen LogP contribution in [0.25, 0.3) is 0 Å². The monoisotopic (exact) mass is 341 g/mol. The second kappa shape index (κ2) is 7.61. The van der Waals surface area contributed by atoms with Crippen LogP contribution in [0.5, 0.6) is 0 Å². The molecule has 1 saturated heterocycles. The summed E-state index contributed by atoms with van der Waals surface area (Å²) in [4.78, 5) is 26.8. The van der Waals surface area contributed by atoms with Gasteiger partial charge < -0.3 is 9.64 Å². The number of hydrogen-bond donors (Lipinski definition) is 0. The van der Waals surface area contributed by atoms with Gasteiger partial charge in [-0.25, -0.2) is 0 Å². The van der Waals surface area contributed by atoms with Crippen molar-refractivity contribution in [2.75, 3.05) is 13.2 Å². The first-order valence-electron chi connectivity index (χ1n) is 8.52. The molecule has 0 unspecified atom stereocenters. The van der Waals surface area contributed by atoms with Gasteiger partial charge in [-0.3, -0.25) is 14.3 Å². The average Bonchev–Trinajstić information content (AvgIpc) is 3.06. The molecule has 3 rings (SSSR count). The van der Waals surface area contributed by atoms with Crippen molar-refractivity contribution >= 4 is 11.7 Å². The number of amides is 1. The van der Waals surface area contributed by atoms with E-state index in [9.17, 15) is 9.59 Å². The zero-order valence-electron chi connectivity index (χ0n) is 14.6. The van der Waals surface area contributed by atoms with Crippen LogP contribution in [0.4, 0.5) is 0 Å². The molecule has 1 aromatic carbocycles. The molecule has 0 N–H and O–H groups in total. The van der Waals surface area contributed by atoms with E-state index < -0.39 is 0 Å². The van der Waals surface area contributed by atoms with Crippen LogP contribution >= 0.6 is 0 Å². The quantitative estimate of drug-likeness (QED) is 0.783. The summed E-state index contributed by atoms with van der Waals surface area (Å²) in [5, 5.41) is 4.00. The minimum absolute atomic E-state index is 0.00191. The number of nitrogens with zero attached hydrogens (tertiary/aromatic N) is 3. The maximum atomic E-state index is 12.8. The minimum Gasteiger partial charge on any atom is -0.374 e. The Morgan fingerprint density at radius 3 is 2.68 bits per heavy atom. The van der Waals surface area contributed by atoms with Crippen molar-refractivity contribution in [2.24, 2.45) is 7.05 Å². The Morgan fingerprint density at radius 1 is 1.24 bits per heavy atom. The van der Waals surface area contributed by atoms with E-state index in [1.165, 1.54) is 6.20 Å². The number of benzene rings is 1. The molecule has 1 aliphatic heterocycles. The fourth-order valence-electron chi connectivity index (χ4n) is 3.10. The number of carbonyl (C=O) groups excluding carboxylic acids is 2. The van der Waals surface area contributed by atoms with E-state index in [1.54, 1.807) is 17.9 Å². The van der Waals surface area contributed by atoms with Crippen LogP contribution in [0.15, 0.2) is 42.7 Å². The number of Topliss-reactive ketones (excluding diaryl/α,β-unsaturated/α-hetero) is 1. The molecule has 0 saturated carbocycles. The van der Waals surface area contributed by atoms with Crippen molar-refractivity contribution in [3.8, 4) is 0 Å². The highest BCUT2D eigenvalue weighted by atomic mass is 16.5. The van der Waals surface area contributed by atoms with E-state index in [0.717, 1.165) is 5.56 Å². The fourth-order valence-corrected chi connectivity index (χ4v) is 3.10.